The van der Waals surface area contributed by atoms with Gasteiger partial charge in [-0.25, -0.2) is 13.2 Å². The molecule has 0 bridgehead atoms. The minimum absolute atomic E-state index is 0.0457. The Morgan fingerprint density at radius 2 is 1.54 bits per heavy atom. The fraction of sp³-hybridized carbons (Fsp3) is 0.0417. The summed E-state index contributed by atoms with van der Waals surface area (Å²) in [6, 6.07) is 11.0. The number of guanidine groups is 1. The summed E-state index contributed by atoms with van der Waals surface area (Å²) in [5, 5.41) is 11.8. The molecule has 0 aliphatic heterocycles. The molecule has 0 spiro atoms. The maximum Gasteiger partial charge on any atom is 0.416 e. The lowest BCUT2D eigenvalue weighted by atomic mass is 10.1. The topological polar surface area (TPSA) is 82.2 Å². The van der Waals surface area contributed by atoms with Crippen LogP contribution in [0.1, 0.15) is 15.9 Å². The van der Waals surface area contributed by atoms with Gasteiger partial charge in [-0.15, -0.1) is 0 Å². The number of aliphatic imine (C=N–C) groups is 1. The van der Waals surface area contributed by atoms with E-state index in [9.17, 15) is 31.1 Å². The van der Waals surface area contributed by atoms with E-state index in [1.54, 1.807) is 0 Å². The minimum atomic E-state index is -4.58. The molecule has 0 saturated carbocycles. The molecule has 4 aromatic rings. The van der Waals surface area contributed by atoms with E-state index in [0.717, 1.165) is 48.5 Å². The number of nitrogens with one attached hydrogen (secondary N) is 3. The minimum Gasteiger partial charge on any atom is -0.324 e. The summed E-state index contributed by atoms with van der Waals surface area (Å²) in [5.41, 5.74) is -0.601. The van der Waals surface area contributed by atoms with Crippen LogP contribution in [0.5, 0.6) is 0 Å². The molecular weight excluding hydrogens is 524 g/mol. The average molecular weight is 538 g/mol. The number of H-pyrrole nitrogens is 1. The molecule has 0 aliphatic carbocycles. The Hall–Kier alpha value is -4.32. The van der Waals surface area contributed by atoms with E-state index in [1.165, 1.54) is 12.1 Å². The molecule has 1 amide bonds. The number of carbonyl (C=O) groups is 1. The standard InChI is InChI=1S/C24H14ClF6N5O/c25-18-10-15(26)5-6-19(18)32-23(34-22(37)12-1-3-14(4-2-12)24(29,30)31)33-21-11-20(35-36-21)13-7-16(27)9-17(28)8-13/h1-11H,(H3,32,33,34,35,36,37). The number of aromatic nitrogens is 2. The molecule has 1 heterocycles. The summed E-state index contributed by atoms with van der Waals surface area (Å²) >= 11 is 6.03. The van der Waals surface area contributed by atoms with Crippen molar-refractivity contribution in [2.45, 2.75) is 6.18 Å². The summed E-state index contributed by atoms with van der Waals surface area (Å²) in [5.74, 6) is -3.40. The van der Waals surface area contributed by atoms with Crippen molar-refractivity contribution in [1.29, 1.82) is 0 Å². The smallest absolute Gasteiger partial charge is 0.324 e. The van der Waals surface area contributed by atoms with E-state index >= 15 is 0 Å². The van der Waals surface area contributed by atoms with Crippen molar-refractivity contribution < 1.29 is 31.1 Å². The first kappa shape index (κ1) is 25.8. The number of aromatic amines is 1. The molecule has 190 valence electrons. The molecule has 0 aliphatic rings. The van der Waals surface area contributed by atoms with Gasteiger partial charge in [0.15, 0.2) is 5.82 Å². The molecule has 37 heavy (non-hydrogen) atoms. The number of anilines is 2. The number of hydrogen-bond donors (Lipinski definition) is 3. The summed E-state index contributed by atoms with van der Waals surface area (Å²) < 4.78 is 79.1. The highest BCUT2D eigenvalue weighted by atomic mass is 35.5. The van der Waals surface area contributed by atoms with Gasteiger partial charge in [-0.2, -0.15) is 23.3 Å². The van der Waals surface area contributed by atoms with Crippen molar-refractivity contribution >= 4 is 35.0 Å². The predicted molar refractivity (Wildman–Crippen MR) is 126 cm³/mol. The van der Waals surface area contributed by atoms with E-state index in [-0.39, 0.29) is 39.3 Å². The first-order chi connectivity index (χ1) is 17.5. The lowest BCUT2D eigenvalue weighted by molar-refractivity contribution is -0.137. The normalized spacial score (nSPS) is 11.9. The zero-order valence-electron chi connectivity index (χ0n) is 18.3. The molecule has 3 N–H and O–H groups in total. The zero-order valence-corrected chi connectivity index (χ0v) is 19.1. The van der Waals surface area contributed by atoms with Gasteiger partial charge in [0.05, 0.1) is 22.0 Å². The molecule has 0 saturated heterocycles. The van der Waals surface area contributed by atoms with Gasteiger partial charge >= 0.3 is 6.18 Å². The van der Waals surface area contributed by atoms with Crippen molar-refractivity contribution in [3.63, 3.8) is 0 Å². The molecular formula is C24H14ClF6N5O. The Morgan fingerprint density at radius 1 is 0.865 bits per heavy atom. The molecule has 0 fully saturated rings. The fourth-order valence-electron chi connectivity index (χ4n) is 3.14. The Bertz CT molecular complexity index is 1460. The van der Waals surface area contributed by atoms with Crippen molar-refractivity contribution in [1.82, 2.24) is 10.2 Å². The second kappa shape index (κ2) is 10.3. The highest BCUT2D eigenvalue weighted by Gasteiger charge is 2.30. The maximum atomic E-state index is 13.6. The van der Waals surface area contributed by atoms with Gasteiger partial charge in [0.25, 0.3) is 5.91 Å². The van der Waals surface area contributed by atoms with Gasteiger partial charge in [-0.1, -0.05) is 11.6 Å². The van der Waals surface area contributed by atoms with Crippen LogP contribution in [0.25, 0.3) is 11.3 Å². The van der Waals surface area contributed by atoms with Crippen LogP contribution >= 0.6 is 11.6 Å². The van der Waals surface area contributed by atoms with Crippen molar-refractivity contribution in [3.8, 4) is 11.3 Å². The lowest BCUT2D eigenvalue weighted by Crippen LogP contribution is -2.24. The number of carbonyl (C=O) groups excluding carboxylic acids is 1. The molecule has 4 rings (SSSR count). The largest absolute Gasteiger partial charge is 0.416 e. The van der Waals surface area contributed by atoms with E-state index < -0.39 is 35.1 Å². The van der Waals surface area contributed by atoms with Crippen LogP contribution in [0.2, 0.25) is 5.02 Å². The average Bonchev–Trinajstić information content (AvgIpc) is 3.28. The van der Waals surface area contributed by atoms with E-state index in [4.69, 9.17) is 11.6 Å². The van der Waals surface area contributed by atoms with E-state index in [2.05, 4.69) is 25.8 Å². The van der Waals surface area contributed by atoms with Crippen molar-refractivity contribution in [2.75, 3.05) is 10.6 Å². The van der Waals surface area contributed by atoms with Gasteiger partial charge in [0, 0.05) is 23.3 Å². The quantitative estimate of drug-likeness (QED) is 0.150. The van der Waals surface area contributed by atoms with E-state index in [1.807, 2.05) is 0 Å². The summed E-state index contributed by atoms with van der Waals surface area (Å²) in [7, 11) is 0. The Kier molecular flexibility index (Phi) is 7.21. The predicted octanol–water partition coefficient (Wildman–Crippen LogP) is 6.89. The zero-order chi connectivity index (χ0) is 26.7. The van der Waals surface area contributed by atoms with Crippen LogP contribution in [0.3, 0.4) is 0 Å². The molecule has 13 heteroatoms. The molecule has 0 unspecified atom stereocenters. The number of hydrogen-bond acceptors (Lipinski definition) is 2. The number of alkyl halides is 3. The van der Waals surface area contributed by atoms with Crippen LogP contribution in [0.4, 0.5) is 37.8 Å². The number of nitrogens with zero attached hydrogens (tertiary/aromatic N) is 2. The third-order valence-corrected chi connectivity index (χ3v) is 5.17. The molecule has 1 aromatic heterocycles. The first-order valence-corrected chi connectivity index (χ1v) is 10.7. The second-order valence-electron chi connectivity index (χ2n) is 7.54. The number of rotatable bonds is 4. The SMILES string of the molecule is O=C(/N=C(\Nc1cc(-c2cc(F)cc(F)c2)[nH]n1)Nc1ccc(F)cc1Cl)c1ccc(C(F)(F)F)cc1. The highest BCUT2D eigenvalue weighted by molar-refractivity contribution is 6.34. The van der Waals surface area contributed by atoms with Gasteiger partial charge < -0.3 is 10.6 Å². The van der Waals surface area contributed by atoms with Gasteiger partial charge in [0.1, 0.15) is 17.5 Å². The number of benzene rings is 3. The monoisotopic (exact) mass is 537 g/mol. The summed E-state index contributed by atoms with van der Waals surface area (Å²) in [6.45, 7) is 0. The molecule has 3 aromatic carbocycles. The second-order valence-corrected chi connectivity index (χ2v) is 7.95. The molecule has 6 nitrogen and oxygen atoms in total. The van der Waals surface area contributed by atoms with Crippen LogP contribution in [-0.2, 0) is 6.18 Å². The Balaban J connectivity index is 1.64. The fourth-order valence-corrected chi connectivity index (χ4v) is 3.35. The van der Waals surface area contributed by atoms with Crippen molar-refractivity contribution in [3.05, 3.63) is 100 Å². The van der Waals surface area contributed by atoms with Crippen LogP contribution in [0, 0.1) is 17.5 Å². The third kappa shape index (κ3) is 6.47. The Morgan fingerprint density at radius 3 is 2.16 bits per heavy atom. The maximum absolute atomic E-state index is 13.6. The summed E-state index contributed by atoms with van der Waals surface area (Å²) in [4.78, 5) is 16.5. The lowest BCUT2D eigenvalue weighted by Gasteiger charge is -2.12. The number of halogens is 7. The van der Waals surface area contributed by atoms with Gasteiger partial charge in [-0.3, -0.25) is 9.89 Å². The summed E-state index contributed by atoms with van der Waals surface area (Å²) in [6.07, 6.45) is -4.58. The van der Waals surface area contributed by atoms with E-state index in [0.29, 0.717) is 6.07 Å². The number of amides is 1. The Labute approximate surface area is 210 Å². The van der Waals surface area contributed by atoms with Crippen molar-refractivity contribution in [2.24, 2.45) is 4.99 Å². The van der Waals surface area contributed by atoms with Crippen LogP contribution < -0.4 is 10.6 Å². The molecule has 0 radical (unpaired) electrons. The van der Waals surface area contributed by atoms with Gasteiger partial charge in [-0.05, 0) is 54.6 Å². The highest BCUT2D eigenvalue weighted by Crippen LogP contribution is 2.29. The molecule has 0 atom stereocenters. The van der Waals surface area contributed by atoms with Crippen LogP contribution in [0.15, 0.2) is 71.7 Å². The van der Waals surface area contributed by atoms with Gasteiger partial charge in [0.2, 0.25) is 5.96 Å². The third-order valence-electron chi connectivity index (χ3n) is 4.85. The van der Waals surface area contributed by atoms with Crippen LogP contribution in [-0.4, -0.2) is 22.1 Å². The first-order valence-electron chi connectivity index (χ1n) is 10.3.